The molecule has 4 heteroatoms. The minimum absolute atomic E-state index is 0.170. The molecule has 0 saturated heterocycles. The van der Waals surface area contributed by atoms with Crippen LogP contribution in [0.2, 0.25) is 0 Å². The van der Waals surface area contributed by atoms with Crippen LogP contribution in [-0.2, 0) is 9.47 Å². The number of methoxy groups -OCH3 is 1. The van der Waals surface area contributed by atoms with Gasteiger partial charge >= 0.3 is 0 Å². The van der Waals surface area contributed by atoms with Crippen LogP contribution in [0.4, 0.5) is 5.69 Å². The zero-order chi connectivity index (χ0) is 15.3. The van der Waals surface area contributed by atoms with E-state index in [9.17, 15) is 0 Å². The average Bonchev–Trinajstić information content (AvgIpc) is 2.48. The van der Waals surface area contributed by atoms with Crippen molar-refractivity contribution in [1.29, 1.82) is 0 Å². The van der Waals surface area contributed by atoms with Crippen LogP contribution in [0.25, 0.3) is 0 Å². The van der Waals surface area contributed by atoms with Gasteiger partial charge in [-0.05, 0) is 37.6 Å². The summed E-state index contributed by atoms with van der Waals surface area (Å²) in [6.45, 7) is 8.55. The molecule has 118 valence electrons. The Labute approximate surface area is 127 Å². The maximum absolute atomic E-state index is 5.76. The number of anilines is 1. The zero-order valence-corrected chi connectivity index (χ0v) is 13.5. The van der Waals surface area contributed by atoms with Crippen molar-refractivity contribution in [2.24, 2.45) is 5.41 Å². The van der Waals surface area contributed by atoms with Crippen molar-refractivity contribution in [2.75, 3.05) is 32.2 Å². The standard InChI is InChI=1S/C17H27NO3/c1-5-20-16-12-15(17(16,2)3)18-13-6-8-14(9-7-13)21-11-10-19-4/h6-9,15-16,18H,5,10-12H2,1-4H3. The highest BCUT2D eigenvalue weighted by molar-refractivity contribution is 5.48. The summed E-state index contributed by atoms with van der Waals surface area (Å²) in [6.07, 6.45) is 1.42. The lowest BCUT2D eigenvalue weighted by atomic mass is 9.64. The van der Waals surface area contributed by atoms with Gasteiger partial charge in [-0.15, -0.1) is 0 Å². The summed E-state index contributed by atoms with van der Waals surface area (Å²) in [7, 11) is 1.67. The fraction of sp³-hybridized carbons (Fsp3) is 0.647. The predicted molar refractivity (Wildman–Crippen MR) is 85.0 cm³/mol. The number of nitrogens with one attached hydrogen (secondary N) is 1. The van der Waals surface area contributed by atoms with Crippen molar-refractivity contribution < 1.29 is 14.2 Å². The number of hydrogen-bond donors (Lipinski definition) is 1. The maximum Gasteiger partial charge on any atom is 0.119 e. The van der Waals surface area contributed by atoms with Gasteiger partial charge < -0.3 is 19.5 Å². The van der Waals surface area contributed by atoms with Gasteiger partial charge in [-0.1, -0.05) is 13.8 Å². The van der Waals surface area contributed by atoms with Crippen LogP contribution in [0.5, 0.6) is 5.75 Å². The molecular weight excluding hydrogens is 266 g/mol. The highest BCUT2D eigenvalue weighted by atomic mass is 16.5. The molecule has 0 radical (unpaired) electrons. The summed E-state index contributed by atoms with van der Waals surface area (Å²) in [5.41, 5.74) is 1.30. The number of hydrogen-bond acceptors (Lipinski definition) is 4. The SMILES string of the molecule is CCOC1CC(Nc2ccc(OCCOC)cc2)C1(C)C. The van der Waals surface area contributed by atoms with E-state index in [1.54, 1.807) is 7.11 Å². The van der Waals surface area contributed by atoms with Crippen LogP contribution >= 0.6 is 0 Å². The topological polar surface area (TPSA) is 39.7 Å². The Morgan fingerprint density at radius 1 is 1.19 bits per heavy atom. The molecule has 0 amide bonds. The fourth-order valence-corrected chi connectivity index (χ4v) is 2.71. The molecule has 4 nitrogen and oxygen atoms in total. The van der Waals surface area contributed by atoms with E-state index in [-0.39, 0.29) is 5.41 Å². The van der Waals surface area contributed by atoms with E-state index < -0.39 is 0 Å². The van der Waals surface area contributed by atoms with E-state index in [0.717, 1.165) is 24.5 Å². The summed E-state index contributed by atoms with van der Waals surface area (Å²) in [5.74, 6) is 0.873. The van der Waals surface area contributed by atoms with Crippen molar-refractivity contribution in [2.45, 2.75) is 39.3 Å². The molecule has 0 aliphatic heterocycles. The van der Waals surface area contributed by atoms with Gasteiger partial charge in [0.15, 0.2) is 0 Å². The quantitative estimate of drug-likeness (QED) is 0.746. The smallest absolute Gasteiger partial charge is 0.119 e. The highest BCUT2D eigenvalue weighted by Crippen LogP contribution is 2.44. The second-order valence-corrected chi connectivity index (χ2v) is 6.06. The number of rotatable bonds is 8. The van der Waals surface area contributed by atoms with Crippen LogP contribution < -0.4 is 10.1 Å². The highest BCUT2D eigenvalue weighted by Gasteiger charge is 2.48. The van der Waals surface area contributed by atoms with Gasteiger partial charge in [0.2, 0.25) is 0 Å². The molecule has 1 saturated carbocycles. The van der Waals surface area contributed by atoms with E-state index in [2.05, 4.69) is 38.2 Å². The van der Waals surface area contributed by atoms with Crippen molar-refractivity contribution in [3.8, 4) is 5.75 Å². The molecule has 0 heterocycles. The average molecular weight is 293 g/mol. The lowest BCUT2D eigenvalue weighted by Gasteiger charge is -2.52. The van der Waals surface area contributed by atoms with E-state index in [1.165, 1.54) is 0 Å². The molecule has 1 aromatic rings. The molecule has 1 N–H and O–H groups in total. The van der Waals surface area contributed by atoms with Crippen molar-refractivity contribution in [3.63, 3.8) is 0 Å². The molecule has 0 aromatic heterocycles. The van der Waals surface area contributed by atoms with Gasteiger partial charge in [0.25, 0.3) is 0 Å². The molecule has 2 atom stereocenters. The first-order valence-electron chi connectivity index (χ1n) is 7.68. The Morgan fingerprint density at radius 2 is 1.90 bits per heavy atom. The molecular formula is C17H27NO3. The van der Waals surface area contributed by atoms with E-state index in [1.807, 2.05) is 12.1 Å². The van der Waals surface area contributed by atoms with Gasteiger partial charge in [0, 0.05) is 30.9 Å². The Hall–Kier alpha value is -1.26. The predicted octanol–water partition coefficient (Wildman–Crippen LogP) is 3.33. The summed E-state index contributed by atoms with van der Waals surface area (Å²) >= 11 is 0. The largest absolute Gasteiger partial charge is 0.491 e. The lowest BCUT2D eigenvalue weighted by Crippen LogP contribution is -2.58. The second kappa shape index (κ2) is 7.14. The van der Waals surface area contributed by atoms with Gasteiger partial charge in [-0.2, -0.15) is 0 Å². The van der Waals surface area contributed by atoms with E-state index >= 15 is 0 Å². The number of ether oxygens (including phenoxy) is 3. The van der Waals surface area contributed by atoms with Crippen LogP contribution in [0, 0.1) is 5.41 Å². The summed E-state index contributed by atoms with van der Waals surface area (Å²) < 4.78 is 16.3. The Balaban J connectivity index is 1.84. The Bertz CT molecular complexity index is 430. The normalized spacial score (nSPS) is 23.4. The maximum atomic E-state index is 5.76. The molecule has 0 bridgehead atoms. The van der Waals surface area contributed by atoms with Crippen molar-refractivity contribution >= 4 is 5.69 Å². The summed E-state index contributed by atoms with van der Waals surface area (Å²) in [4.78, 5) is 0. The molecule has 2 unspecified atom stereocenters. The first-order valence-corrected chi connectivity index (χ1v) is 7.68. The second-order valence-electron chi connectivity index (χ2n) is 6.06. The van der Waals surface area contributed by atoms with Crippen LogP contribution in [0.15, 0.2) is 24.3 Å². The van der Waals surface area contributed by atoms with Crippen molar-refractivity contribution in [3.05, 3.63) is 24.3 Å². The van der Waals surface area contributed by atoms with E-state index in [4.69, 9.17) is 14.2 Å². The van der Waals surface area contributed by atoms with Crippen LogP contribution in [0.1, 0.15) is 27.2 Å². The molecule has 21 heavy (non-hydrogen) atoms. The van der Waals surface area contributed by atoms with Gasteiger partial charge in [-0.3, -0.25) is 0 Å². The third-order valence-electron chi connectivity index (χ3n) is 4.30. The Kier molecular flexibility index (Phi) is 5.48. The number of benzene rings is 1. The fourth-order valence-electron chi connectivity index (χ4n) is 2.71. The van der Waals surface area contributed by atoms with Gasteiger partial charge in [0.1, 0.15) is 12.4 Å². The minimum Gasteiger partial charge on any atom is -0.491 e. The first-order chi connectivity index (χ1) is 10.1. The summed E-state index contributed by atoms with van der Waals surface area (Å²) in [5, 5.41) is 3.59. The molecule has 1 aliphatic rings. The monoisotopic (exact) mass is 293 g/mol. The first kappa shape index (κ1) is 16.1. The van der Waals surface area contributed by atoms with E-state index in [0.29, 0.717) is 25.4 Å². The van der Waals surface area contributed by atoms with Crippen LogP contribution in [0.3, 0.4) is 0 Å². The van der Waals surface area contributed by atoms with Gasteiger partial charge in [-0.25, -0.2) is 0 Å². The Morgan fingerprint density at radius 3 is 2.48 bits per heavy atom. The molecule has 0 spiro atoms. The van der Waals surface area contributed by atoms with Gasteiger partial charge in [0.05, 0.1) is 12.7 Å². The third-order valence-corrected chi connectivity index (χ3v) is 4.30. The lowest BCUT2D eigenvalue weighted by molar-refractivity contribution is -0.0975. The molecule has 1 fully saturated rings. The van der Waals surface area contributed by atoms with Crippen LogP contribution in [-0.4, -0.2) is 39.1 Å². The molecule has 2 rings (SSSR count). The minimum atomic E-state index is 0.170. The third kappa shape index (κ3) is 3.89. The molecule has 1 aliphatic carbocycles. The zero-order valence-electron chi connectivity index (χ0n) is 13.5. The summed E-state index contributed by atoms with van der Waals surface area (Å²) in [6, 6.07) is 8.56. The molecule has 1 aromatic carbocycles. The van der Waals surface area contributed by atoms with Crippen molar-refractivity contribution in [1.82, 2.24) is 0 Å².